The molecule has 0 bridgehead atoms. The molecule has 0 saturated carbocycles. The maximum Gasteiger partial charge on any atom is 0.269 e. The first-order valence-electron chi connectivity index (χ1n) is 5.52. The van der Waals surface area contributed by atoms with Crippen LogP contribution in [0, 0.1) is 10.1 Å². The van der Waals surface area contributed by atoms with E-state index in [0.29, 0.717) is 17.3 Å². The molecule has 0 fully saturated rings. The van der Waals surface area contributed by atoms with Gasteiger partial charge in [-0.15, -0.1) is 0 Å². The van der Waals surface area contributed by atoms with Gasteiger partial charge in [0.1, 0.15) is 0 Å². The second kappa shape index (κ2) is 6.06. The average molecular weight is 276 g/mol. The fraction of sp³-hybridized carbons (Fsp3) is 0.0769. The molecule has 6 heteroatoms. The van der Waals surface area contributed by atoms with Crippen LogP contribution in [0.1, 0.15) is 5.56 Å². The Morgan fingerprint density at radius 3 is 2.42 bits per heavy atom. The van der Waals surface area contributed by atoms with Crippen LogP contribution < -0.4 is 0 Å². The summed E-state index contributed by atoms with van der Waals surface area (Å²) in [5.74, 6) is 0. The zero-order chi connectivity index (χ0) is 13.7. The molecule has 2 aromatic carbocycles. The van der Waals surface area contributed by atoms with Crippen molar-refractivity contribution in [2.45, 2.75) is 6.54 Å². The summed E-state index contributed by atoms with van der Waals surface area (Å²) in [6, 6.07) is 13.3. The van der Waals surface area contributed by atoms with Crippen molar-refractivity contribution < 1.29 is 4.92 Å². The highest BCUT2D eigenvalue weighted by atomic mass is 35.5. The van der Waals surface area contributed by atoms with E-state index < -0.39 is 4.92 Å². The van der Waals surface area contributed by atoms with Crippen LogP contribution in [0.15, 0.2) is 58.8 Å². The smallest absolute Gasteiger partial charge is 0.258 e. The number of nitro benzene ring substituents is 1. The zero-order valence-corrected chi connectivity index (χ0v) is 10.6. The van der Waals surface area contributed by atoms with Crippen molar-refractivity contribution in [3.05, 3.63) is 69.2 Å². The number of rotatable bonds is 4. The number of hydrogen-bond donors (Lipinski definition) is 0. The van der Waals surface area contributed by atoms with Crippen molar-refractivity contribution in [2.24, 2.45) is 10.2 Å². The van der Waals surface area contributed by atoms with E-state index in [0.717, 1.165) is 5.56 Å². The lowest BCUT2D eigenvalue weighted by atomic mass is 10.2. The molecule has 5 nitrogen and oxygen atoms in total. The Labute approximate surface area is 114 Å². The molecule has 0 saturated heterocycles. The van der Waals surface area contributed by atoms with E-state index >= 15 is 0 Å². The molecule has 2 rings (SSSR count). The van der Waals surface area contributed by atoms with Gasteiger partial charge < -0.3 is 0 Å². The summed E-state index contributed by atoms with van der Waals surface area (Å²) < 4.78 is 0. The van der Waals surface area contributed by atoms with Gasteiger partial charge in [-0.2, -0.15) is 10.2 Å². The van der Waals surface area contributed by atoms with Crippen LogP contribution in [0.2, 0.25) is 5.02 Å². The van der Waals surface area contributed by atoms with Crippen LogP contribution in [0.4, 0.5) is 11.4 Å². The summed E-state index contributed by atoms with van der Waals surface area (Å²) >= 11 is 5.98. The molecule has 0 spiro atoms. The van der Waals surface area contributed by atoms with E-state index in [1.807, 2.05) is 18.2 Å². The van der Waals surface area contributed by atoms with Crippen LogP contribution in [0.5, 0.6) is 0 Å². The number of nitrogens with zero attached hydrogens (tertiary/aromatic N) is 3. The summed E-state index contributed by atoms with van der Waals surface area (Å²) in [5.41, 5.74) is 1.48. The Morgan fingerprint density at radius 2 is 1.79 bits per heavy atom. The minimum Gasteiger partial charge on any atom is -0.258 e. The zero-order valence-electron chi connectivity index (χ0n) is 9.86. The van der Waals surface area contributed by atoms with E-state index in [1.54, 1.807) is 18.2 Å². The molecule has 0 aliphatic carbocycles. The quantitative estimate of drug-likeness (QED) is 0.467. The summed E-state index contributed by atoms with van der Waals surface area (Å²) in [4.78, 5) is 10.0. The molecule has 0 radical (unpaired) electrons. The van der Waals surface area contributed by atoms with Crippen LogP contribution in [-0.2, 0) is 6.54 Å². The van der Waals surface area contributed by atoms with Gasteiger partial charge in [-0.05, 0) is 23.8 Å². The van der Waals surface area contributed by atoms with E-state index in [4.69, 9.17) is 11.6 Å². The maximum atomic E-state index is 10.5. The Hall–Kier alpha value is -2.27. The van der Waals surface area contributed by atoms with Crippen molar-refractivity contribution in [1.82, 2.24) is 0 Å². The van der Waals surface area contributed by atoms with Gasteiger partial charge in [0.25, 0.3) is 5.69 Å². The number of non-ortho nitro benzene ring substituents is 1. The largest absolute Gasteiger partial charge is 0.269 e. The van der Waals surface area contributed by atoms with Gasteiger partial charge in [0, 0.05) is 17.2 Å². The number of halogens is 1. The Bertz CT molecular complexity index is 612. The van der Waals surface area contributed by atoms with Crippen LogP contribution in [0.25, 0.3) is 0 Å². The standard InChI is InChI=1S/C13H10ClN3O2/c14-13-4-2-1-3-10(13)9-15-16-11-5-7-12(8-6-11)17(18)19/h1-8H,9H2. The highest BCUT2D eigenvalue weighted by Crippen LogP contribution is 2.20. The van der Waals surface area contributed by atoms with Crippen molar-refractivity contribution in [1.29, 1.82) is 0 Å². The number of hydrogen-bond acceptors (Lipinski definition) is 4. The lowest BCUT2D eigenvalue weighted by molar-refractivity contribution is -0.384. The van der Waals surface area contributed by atoms with Gasteiger partial charge in [0.05, 0.1) is 17.2 Å². The monoisotopic (exact) mass is 275 g/mol. The summed E-state index contributed by atoms with van der Waals surface area (Å²) in [5, 5.41) is 19.1. The fourth-order valence-corrected chi connectivity index (χ4v) is 1.66. The minimum atomic E-state index is -0.454. The number of nitro groups is 1. The third-order valence-electron chi connectivity index (χ3n) is 2.45. The van der Waals surface area contributed by atoms with Gasteiger partial charge in [-0.1, -0.05) is 29.8 Å². The molecule has 2 aromatic rings. The predicted molar refractivity (Wildman–Crippen MR) is 72.8 cm³/mol. The normalized spacial score (nSPS) is 10.8. The molecule has 0 aliphatic rings. The molecular formula is C13H10ClN3O2. The molecule has 0 atom stereocenters. The Kier molecular flexibility index (Phi) is 4.20. The SMILES string of the molecule is O=[N+]([O-])c1ccc(N=NCc2ccccc2Cl)cc1. The van der Waals surface area contributed by atoms with Crippen LogP contribution in [0.3, 0.4) is 0 Å². The Morgan fingerprint density at radius 1 is 1.11 bits per heavy atom. The molecule has 0 amide bonds. The summed E-state index contributed by atoms with van der Waals surface area (Å²) in [6.07, 6.45) is 0. The van der Waals surface area contributed by atoms with Crippen molar-refractivity contribution in [2.75, 3.05) is 0 Å². The molecule has 0 heterocycles. The van der Waals surface area contributed by atoms with Crippen molar-refractivity contribution in [3.8, 4) is 0 Å². The van der Waals surface area contributed by atoms with E-state index in [2.05, 4.69) is 10.2 Å². The van der Waals surface area contributed by atoms with Gasteiger partial charge in [-0.25, -0.2) is 0 Å². The minimum absolute atomic E-state index is 0.0325. The number of azo groups is 1. The van der Waals surface area contributed by atoms with Gasteiger partial charge in [-0.3, -0.25) is 10.1 Å². The second-order valence-electron chi connectivity index (χ2n) is 3.76. The molecule has 0 aliphatic heterocycles. The highest BCUT2D eigenvalue weighted by molar-refractivity contribution is 6.31. The Balaban J connectivity index is 2.03. The van der Waals surface area contributed by atoms with E-state index in [9.17, 15) is 10.1 Å². The van der Waals surface area contributed by atoms with Crippen molar-refractivity contribution in [3.63, 3.8) is 0 Å². The second-order valence-corrected chi connectivity index (χ2v) is 4.17. The summed E-state index contributed by atoms with van der Waals surface area (Å²) in [6.45, 7) is 0.372. The molecule has 0 N–H and O–H groups in total. The highest BCUT2D eigenvalue weighted by Gasteiger charge is 2.03. The fourth-order valence-electron chi connectivity index (χ4n) is 1.46. The van der Waals surface area contributed by atoms with Gasteiger partial charge in [0.15, 0.2) is 0 Å². The third kappa shape index (κ3) is 3.59. The molecular weight excluding hydrogens is 266 g/mol. The van der Waals surface area contributed by atoms with E-state index in [-0.39, 0.29) is 5.69 Å². The molecule has 19 heavy (non-hydrogen) atoms. The topological polar surface area (TPSA) is 67.9 Å². The number of benzene rings is 2. The average Bonchev–Trinajstić information content (AvgIpc) is 2.41. The maximum absolute atomic E-state index is 10.5. The third-order valence-corrected chi connectivity index (χ3v) is 2.81. The van der Waals surface area contributed by atoms with Crippen LogP contribution >= 0.6 is 11.6 Å². The lowest BCUT2D eigenvalue weighted by Gasteiger charge is -1.98. The first-order chi connectivity index (χ1) is 9.16. The first-order valence-corrected chi connectivity index (χ1v) is 5.90. The molecule has 0 aromatic heterocycles. The van der Waals surface area contributed by atoms with E-state index in [1.165, 1.54) is 12.1 Å². The molecule has 0 unspecified atom stereocenters. The van der Waals surface area contributed by atoms with Crippen LogP contribution in [-0.4, -0.2) is 4.92 Å². The lowest BCUT2D eigenvalue weighted by Crippen LogP contribution is -1.85. The van der Waals surface area contributed by atoms with Crippen molar-refractivity contribution >= 4 is 23.0 Å². The predicted octanol–water partition coefficient (Wildman–Crippen LogP) is 4.53. The first kappa shape index (κ1) is 13.2. The summed E-state index contributed by atoms with van der Waals surface area (Å²) in [7, 11) is 0. The molecule has 96 valence electrons. The van der Waals surface area contributed by atoms with Gasteiger partial charge >= 0.3 is 0 Å². The van der Waals surface area contributed by atoms with Gasteiger partial charge in [0.2, 0.25) is 0 Å².